The van der Waals surface area contributed by atoms with E-state index in [2.05, 4.69) is 0 Å². The maximum atomic E-state index is 12.2. The van der Waals surface area contributed by atoms with Gasteiger partial charge in [0.2, 0.25) is 5.91 Å². The number of hydrogen-bond donors (Lipinski definition) is 2. The zero-order valence-corrected chi connectivity index (χ0v) is 11.3. The molecule has 0 aromatic carbocycles. The molecule has 0 radical (unpaired) electrons. The van der Waals surface area contributed by atoms with Crippen LogP contribution in [0.25, 0.3) is 0 Å². The van der Waals surface area contributed by atoms with Crippen molar-refractivity contribution in [1.82, 2.24) is 4.90 Å². The summed E-state index contributed by atoms with van der Waals surface area (Å²) < 4.78 is 0. The fourth-order valence-electron chi connectivity index (χ4n) is 3.24. The molecule has 2 rings (SSSR count). The third-order valence-corrected chi connectivity index (χ3v) is 4.52. The van der Waals surface area contributed by atoms with Crippen molar-refractivity contribution in [1.29, 1.82) is 0 Å². The van der Waals surface area contributed by atoms with E-state index in [1.807, 2.05) is 0 Å². The Morgan fingerprint density at radius 1 is 1.16 bits per heavy atom. The standard InChI is InChI=1S/C14H23NO4/c16-11-5-8-15(10-11)12(17)9-14(13(18)19)6-3-1-2-4-7-14/h11,16H,1-10H2,(H,18,19)/t11-/m0/s1. The van der Waals surface area contributed by atoms with E-state index in [-0.39, 0.29) is 12.3 Å². The molecule has 1 aliphatic carbocycles. The Morgan fingerprint density at radius 2 is 1.79 bits per heavy atom. The maximum Gasteiger partial charge on any atom is 0.310 e. The van der Waals surface area contributed by atoms with E-state index in [1.54, 1.807) is 4.90 Å². The Morgan fingerprint density at radius 3 is 2.26 bits per heavy atom. The molecule has 2 N–H and O–H groups in total. The summed E-state index contributed by atoms with van der Waals surface area (Å²) in [4.78, 5) is 25.5. The molecule has 1 saturated heterocycles. The van der Waals surface area contributed by atoms with Gasteiger partial charge in [-0.05, 0) is 19.3 Å². The molecule has 2 fully saturated rings. The highest BCUT2D eigenvalue weighted by Gasteiger charge is 2.42. The van der Waals surface area contributed by atoms with Crippen molar-refractivity contribution in [3.63, 3.8) is 0 Å². The number of β-amino-alcohol motifs (C(OH)–C–C–N with tert-alkyl or cyclic N) is 1. The lowest BCUT2D eigenvalue weighted by Crippen LogP contribution is -2.39. The Balaban J connectivity index is 2.03. The third kappa shape index (κ3) is 3.26. The first-order chi connectivity index (χ1) is 9.03. The minimum Gasteiger partial charge on any atom is -0.481 e. The fraction of sp³-hybridized carbons (Fsp3) is 0.857. The van der Waals surface area contributed by atoms with Crippen molar-refractivity contribution in [3.8, 4) is 0 Å². The zero-order valence-electron chi connectivity index (χ0n) is 11.3. The average Bonchev–Trinajstić information content (AvgIpc) is 2.65. The molecule has 1 aliphatic heterocycles. The van der Waals surface area contributed by atoms with E-state index in [9.17, 15) is 19.8 Å². The molecule has 0 bridgehead atoms. The number of aliphatic hydroxyl groups excluding tert-OH is 1. The van der Waals surface area contributed by atoms with E-state index in [0.717, 1.165) is 25.7 Å². The van der Waals surface area contributed by atoms with E-state index >= 15 is 0 Å². The normalized spacial score (nSPS) is 27.0. The van der Waals surface area contributed by atoms with Crippen molar-refractivity contribution in [2.24, 2.45) is 5.41 Å². The number of carbonyl (C=O) groups is 2. The van der Waals surface area contributed by atoms with E-state index in [0.29, 0.717) is 32.4 Å². The summed E-state index contributed by atoms with van der Waals surface area (Å²) in [5, 5.41) is 19.0. The molecule has 108 valence electrons. The lowest BCUT2D eigenvalue weighted by Gasteiger charge is -2.29. The van der Waals surface area contributed by atoms with Gasteiger partial charge in [-0.3, -0.25) is 9.59 Å². The van der Waals surface area contributed by atoms with Gasteiger partial charge in [-0.25, -0.2) is 0 Å². The Labute approximate surface area is 113 Å². The number of nitrogens with zero attached hydrogens (tertiary/aromatic N) is 1. The van der Waals surface area contributed by atoms with Crippen LogP contribution in [0.4, 0.5) is 0 Å². The van der Waals surface area contributed by atoms with Gasteiger partial charge in [-0.15, -0.1) is 0 Å². The summed E-state index contributed by atoms with van der Waals surface area (Å²) in [5.41, 5.74) is -0.874. The van der Waals surface area contributed by atoms with E-state index in [1.165, 1.54) is 0 Å². The maximum absolute atomic E-state index is 12.2. The number of carbonyl (C=O) groups excluding carboxylic acids is 1. The van der Waals surface area contributed by atoms with Crippen LogP contribution in [0, 0.1) is 5.41 Å². The summed E-state index contributed by atoms with van der Waals surface area (Å²) in [5.74, 6) is -0.941. The molecule has 0 aromatic heterocycles. The second-order valence-corrected chi connectivity index (χ2v) is 5.96. The monoisotopic (exact) mass is 269 g/mol. The first-order valence-electron chi connectivity index (χ1n) is 7.23. The van der Waals surface area contributed by atoms with Gasteiger partial charge in [0.15, 0.2) is 0 Å². The van der Waals surface area contributed by atoms with Gasteiger partial charge >= 0.3 is 5.97 Å². The number of aliphatic hydroxyl groups is 1. The smallest absolute Gasteiger partial charge is 0.310 e. The molecule has 1 heterocycles. The fourth-order valence-corrected chi connectivity index (χ4v) is 3.24. The molecule has 19 heavy (non-hydrogen) atoms. The topological polar surface area (TPSA) is 77.8 Å². The molecule has 0 aromatic rings. The van der Waals surface area contributed by atoms with Gasteiger partial charge in [-0.1, -0.05) is 25.7 Å². The minimum absolute atomic E-state index is 0.0923. The summed E-state index contributed by atoms with van der Waals surface area (Å²) >= 11 is 0. The minimum atomic E-state index is -0.874. The van der Waals surface area contributed by atoms with E-state index < -0.39 is 17.5 Å². The number of rotatable bonds is 3. The second kappa shape index (κ2) is 5.90. The summed E-state index contributed by atoms with van der Waals surface area (Å²) in [6.45, 7) is 0.907. The lowest BCUT2D eigenvalue weighted by atomic mass is 9.77. The van der Waals surface area contributed by atoms with Gasteiger partial charge < -0.3 is 15.1 Å². The zero-order chi connectivity index (χ0) is 13.9. The van der Waals surface area contributed by atoms with Gasteiger partial charge in [0.1, 0.15) is 0 Å². The van der Waals surface area contributed by atoms with Crippen LogP contribution in [-0.4, -0.2) is 46.2 Å². The number of aliphatic carboxylic acids is 1. The van der Waals surface area contributed by atoms with Crippen molar-refractivity contribution < 1.29 is 19.8 Å². The van der Waals surface area contributed by atoms with Crippen LogP contribution in [0.1, 0.15) is 51.4 Å². The van der Waals surface area contributed by atoms with Crippen LogP contribution in [-0.2, 0) is 9.59 Å². The van der Waals surface area contributed by atoms with Crippen LogP contribution >= 0.6 is 0 Å². The Bertz CT molecular complexity index is 347. The highest BCUT2D eigenvalue weighted by Crippen LogP contribution is 2.39. The number of carboxylic acid groups (broad SMARTS) is 1. The molecule has 1 atom stereocenters. The van der Waals surface area contributed by atoms with Gasteiger partial charge in [0.05, 0.1) is 11.5 Å². The molecule has 0 spiro atoms. The predicted octanol–water partition coefficient (Wildman–Crippen LogP) is 1.39. The first kappa shape index (κ1) is 14.3. The van der Waals surface area contributed by atoms with Crippen LogP contribution in [0.3, 0.4) is 0 Å². The molecule has 5 nitrogen and oxygen atoms in total. The predicted molar refractivity (Wildman–Crippen MR) is 69.6 cm³/mol. The third-order valence-electron chi connectivity index (χ3n) is 4.52. The van der Waals surface area contributed by atoms with Crippen LogP contribution < -0.4 is 0 Å². The highest BCUT2D eigenvalue weighted by atomic mass is 16.4. The number of amides is 1. The molecule has 1 saturated carbocycles. The summed E-state index contributed by atoms with van der Waals surface area (Å²) in [6.07, 6.45) is 5.36. The Kier molecular flexibility index (Phi) is 4.45. The molecule has 5 heteroatoms. The largest absolute Gasteiger partial charge is 0.481 e. The molecule has 1 amide bonds. The van der Waals surface area contributed by atoms with Crippen molar-refractivity contribution in [2.75, 3.05) is 13.1 Å². The first-order valence-corrected chi connectivity index (χ1v) is 7.23. The lowest BCUT2D eigenvalue weighted by molar-refractivity contribution is -0.154. The van der Waals surface area contributed by atoms with Crippen LogP contribution in [0.15, 0.2) is 0 Å². The van der Waals surface area contributed by atoms with Crippen molar-refractivity contribution in [2.45, 2.75) is 57.5 Å². The average molecular weight is 269 g/mol. The molecule has 0 unspecified atom stereocenters. The molecule has 2 aliphatic rings. The van der Waals surface area contributed by atoms with Crippen molar-refractivity contribution >= 4 is 11.9 Å². The van der Waals surface area contributed by atoms with Crippen molar-refractivity contribution in [3.05, 3.63) is 0 Å². The van der Waals surface area contributed by atoms with Crippen LogP contribution in [0.2, 0.25) is 0 Å². The summed E-state index contributed by atoms with van der Waals surface area (Å²) in [7, 11) is 0. The summed E-state index contributed by atoms with van der Waals surface area (Å²) in [6, 6.07) is 0. The number of likely N-dealkylation sites (tertiary alicyclic amines) is 1. The van der Waals surface area contributed by atoms with Gasteiger partial charge in [-0.2, -0.15) is 0 Å². The quantitative estimate of drug-likeness (QED) is 0.759. The number of carboxylic acids is 1. The van der Waals surface area contributed by atoms with Gasteiger partial charge in [0, 0.05) is 19.5 Å². The van der Waals surface area contributed by atoms with Gasteiger partial charge in [0.25, 0.3) is 0 Å². The SMILES string of the molecule is O=C(CC1(C(=O)O)CCCCCC1)N1CC[C@H](O)C1. The highest BCUT2D eigenvalue weighted by molar-refractivity contribution is 5.85. The Hall–Kier alpha value is -1.10. The van der Waals surface area contributed by atoms with Crippen LogP contribution in [0.5, 0.6) is 0 Å². The molecular formula is C14H23NO4. The number of hydrogen-bond acceptors (Lipinski definition) is 3. The van der Waals surface area contributed by atoms with E-state index in [4.69, 9.17) is 0 Å². The molecular weight excluding hydrogens is 246 g/mol. The second-order valence-electron chi connectivity index (χ2n) is 5.96.